The van der Waals surface area contributed by atoms with Gasteiger partial charge in [-0.25, -0.2) is 0 Å². The van der Waals surface area contributed by atoms with Crippen LogP contribution in [0.1, 0.15) is 46.7 Å². The van der Waals surface area contributed by atoms with Gasteiger partial charge >= 0.3 is 0 Å². The molecular weight excluding hydrogens is 354 g/mol. The first kappa shape index (κ1) is 16.6. The predicted molar refractivity (Wildman–Crippen MR) is 102 cm³/mol. The van der Waals surface area contributed by atoms with Gasteiger partial charge in [-0.2, -0.15) is 5.10 Å². The summed E-state index contributed by atoms with van der Waals surface area (Å²) in [5.74, 6) is 0.116. The summed E-state index contributed by atoms with van der Waals surface area (Å²) in [5.41, 5.74) is 2.08. The fourth-order valence-corrected chi connectivity index (χ4v) is 4.54. The molecule has 1 amide bonds. The molecule has 2 aromatic heterocycles. The third-order valence-electron chi connectivity index (χ3n) is 4.85. The quantitative estimate of drug-likeness (QED) is 0.648. The highest BCUT2D eigenvalue weighted by Gasteiger charge is 2.37. The molecule has 1 aromatic carbocycles. The molecule has 0 aliphatic heterocycles. The number of fused-ring (bicyclic) bond motifs is 1. The van der Waals surface area contributed by atoms with Crippen LogP contribution in [-0.4, -0.2) is 26.6 Å². The monoisotopic (exact) mass is 373 g/mol. The van der Waals surface area contributed by atoms with Crippen LogP contribution in [0.4, 0.5) is 0 Å². The summed E-state index contributed by atoms with van der Waals surface area (Å²) in [5, 5.41) is 6.21. The highest BCUT2D eigenvalue weighted by molar-refractivity contribution is 7.20. The van der Waals surface area contributed by atoms with Crippen molar-refractivity contribution in [3.05, 3.63) is 51.5 Å². The normalized spacial score (nSPS) is 15.5. The molecule has 0 radical (unpaired) electrons. The largest absolute Gasteiger partial charge is 0.328 e. The van der Waals surface area contributed by atoms with E-state index in [4.69, 9.17) is 11.6 Å². The summed E-state index contributed by atoms with van der Waals surface area (Å²) in [4.78, 5) is 17.2. The molecule has 0 saturated heterocycles. The number of thiophene rings is 1. The van der Waals surface area contributed by atoms with Crippen molar-refractivity contribution in [1.29, 1.82) is 0 Å². The molecule has 1 fully saturated rings. The first-order chi connectivity index (χ1) is 12.0. The van der Waals surface area contributed by atoms with Crippen molar-refractivity contribution < 1.29 is 4.79 Å². The lowest BCUT2D eigenvalue weighted by molar-refractivity contribution is 0.0679. The summed E-state index contributed by atoms with van der Waals surface area (Å²) in [6, 6.07) is 10.1. The molecule has 0 bridgehead atoms. The topological polar surface area (TPSA) is 38.1 Å². The van der Waals surface area contributed by atoms with Gasteiger partial charge in [0.15, 0.2) is 0 Å². The lowest BCUT2D eigenvalue weighted by atomic mass is 10.1. The van der Waals surface area contributed by atoms with Gasteiger partial charge in [-0.05, 0) is 50.5 Å². The van der Waals surface area contributed by atoms with Crippen LogP contribution in [0.3, 0.4) is 0 Å². The van der Waals surface area contributed by atoms with Crippen molar-refractivity contribution >= 4 is 39.1 Å². The molecule has 6 heteroatoms. The van der Waals surface area contributed by atoms with Crippen molar-refractivity contribution in [3.8, 4) is 0 Å². The first-order valence-electron chi connectivity index (χ1n) is 8.47. The molecular formula is C19H20ClN3OS. The SMILES string of the molecule is Cc1nn(C)c2sc(C(=O)N(C3CC3)C(C)c3ccc(Cl)cc3)cc12. The second-order valence-corrected chi connectivity index (χ2v) is 8.18. The van der Waals surface area contributed by atoms with Crippen LogP contribution in [-0.2, 0) is 7.05 Å². The molecule has 3 aromatic rings. The number of amides is 1. The molecule has 1 aliphatic carbocycles. The third kappa shape index (κ3) is 2.96. The summed E-state index contributed by atoms with van der Waals surface area (Å²) in [7, 11) is 1.93. The van der Waals surface area contributed by atoms with E-state index in [0.29, 0.717) is 11.1 Å². The number of carbonyl (C=O) groups excluding carboxylic acids is 1. The molecule has 4 nitrogen and oxygen atoms in total. The van der Waals surface area contributed by atoms with Crippen LogP contribution in [0.5, 0.6) is 0 Å². The Morgan fingerprint density at radius 1 is 1.36 bits per heavy atom. The predicted octanol–water partition coefficient (Wildman–Crippen LogP) is 4.96. The van der Waals surface area contributed by atoms with Gasteiger partial charge in [0.25, 0.3) is 5.91 Å². The number of benzene rings is 1. The standard InChI is InChI=1S/C19H20ClN3OS/c1-11-16-10-17(25-19(16)22(3)21-11)18(24)23(15-8-9-15)12(2)13-4-6-14(20)7-5-13/h4-7,10,12,15H,8-9H2,1-3H3. The Hall–Kier alpha value is -1.85. The molecule has 130 valence electrons. The van der Waals surface area contributed by atoms with Gasteiger partial charge in [0.05, 0.1) is 16.6 Å². The number of rotatable bonds is 4. The van der Waals surface area contributed by atoms with Gasteiger partial charge in [0.1, 0.15) is 4.83 Å². The molecule has 4 rings (SSSR count). The van der Waals surface area contributed by atoms with Crippen LogP contribution in [0.2, 0.25) is 5.02 Å². The number of aryl methyl sites for hydroxylation is 2. The molecule has 2 heterocycles. The number of carbonyl (C=O) groups is 1. The highest BCUT2D eigenvalue weighted by Crippen LogP contribution is 2.38. The van der Waals surface area contributed by atoms with Crippen molar-refractivity contribution in [2.75, 3.05) is 0 Å². The van der Waals surface area contributed by atoms with Crippen molar-refractivity contribution in [1.82, 2.24) is 14.7 Å². The van der Waals surface area contributed by atoms with Crippen LogP contribution in [0.15, 0.2) is 30.3 Å². The van der Waals surface area contributed by atoms with Gasteiger partial charge in [0, 0.05) is 23.5 Å². The fourth-order valence-electron chi connectivity index (χ4n) is 3.35. The fraction of sp³-hybridized carbons (Fsp3) is 0.368. The van der Waals surface area contributed by atoms with E-state index in [2.05, 4.69) is 12.0 Å². The van der Waals surface area contributed by atoms with Gasteiger partial charge in [-0.15, -0.1) is 11.3 Å². The maximum atomic E-state index is 13.3. The first-order valence-corrected chi connectivity index (χ1v) is 9.66. The zero-order chi connectivity index (χ0) is 17.7. The lowest BCUT2D eigenvalue weighted by Crippen LogP contribution is -2.35. The number of hydrogen-bond acceptors (Lipinski definition) is 3. The van der Waals surface area contributed by atoms with Gasteiger partial charge in [-0.1, -0.05) is 23.7 Å². The Morgan fingerprint density at radius 3 is 2.64 bits per heavy atom. The van der Waals surface area contributed by atoms with E-state index in [1.807, 2.05) is 53.9 Å². The summed E-state index contributed by atoms with van der Waals surface area (Å²) in [6.07, 6.45) is 2.16. The van der Waals surface area contributed by atoms with Crippen LogP contribution < -0.4 is 0 Å². The number of hydrogen-bond donors (Lipinski definition) is 0. The maximum Gasteiger partial charge on any atom is 0.264 e. The van der Waals surface area contributed by atoms with Crippen LogP contribution in [0, 0.1) is 6.92 Å². The minimum Gasteiger partial charge on any atom is -0.328 e. The summed E-state index contributed by atoms with van der Waals surface area (Å²) < 4.78 is 1.86. The Balaban J connectivity index is 1.68. The van der Waals surface area contributed by atoms with E-state index in [-0.39, 0.29) is 11.9 Å². The van der Waals surface area contributed by atoms with E-state index >= 15 is 0 Å². The van der Waals surface area contributed by atoms with E-state index in [0.717, 1.165) is 39.2 Å². The van der Waals surface area contributed by atoms with Gasteiger partial charge in [-0.3, -0.25) is 9.48 Å². The number of nitrogens with zero attached hydrogens (tertiary/aromatic N) is 3. The summed E-state index contributed by atoms with van der Waals surface area (Å²) >= 11 is 7.53. The number of aromatic nitrogens is 2. The smallest absolute Gasteiger partial charge is 0.264 e. The lowest BCUT2D eigenvalue weighted by Gasteiger charge is -2.29. The minimum absolute atomic E-state index is 0.0294. The van der Waals surface area contributed by atoms with Crippen molar-refractivity contribution in [2.24, 2.45) is 7.05 Å². The Kier molecular flexibility index (Phi) is 4.08. The van der Waals surface area contributed by atoms with Crippen LogP contribution >= 0.6 is 22.9 Å². The minimum atomic E-state index is 0.0294. The van der Waals surface area contributed by atoms with Crippen molar-refractivity contribution in [3.63, 3.8) is 0 Å². The Bertz CT molecular complexity index is 905. The van der Waals surface area contributed by atoms with E-state index in [9.17, 15) is 4.79 Å². The van der Waals surface area contributed by atoms with E-state index < -0.39 is 0 Å². The second kappa shape index (κ2) is 6.15. The molecule has 1 saturated carbocycles. The average molecular weight is 374 g/mol. The highest BCUT2D eigenvalue weighted by atomic mass is 35.5. The number of halogens is 1. The molecule has 1 atom stereocenters. The maximum absolute atomic E-state index is 13.3. The molecule has 1 aliphatic rings. The molecule has 0 spiro atoms. The molecule has 25 heavy (non-hydrogen) atoms. The Labute approximate surface area is 156 Å². The average Bonchev–Trinajstić information content (AvgIpc) is 3.24. The van der Waals surface area contributed by atoms with E-state index in [1.165, 1.54) is 11.3 Å². The Morgan fingerprint density at radius 2 is 2.04 bits per heavy atom. The zero-order valence-corrected chi connectivity index (χ0v) is 16.1. The van der Waals surface area contributed by atoms with E-state index in [1.54, 1.807) is 0 Å². The van der Waals surface area contributed by atoms with Crippen molar-refractivity contribution in [2.45, 2.75) is 38.8 Å². The molecule has 1 unspecified atom stereocenters. The third-order valence-corrected chi connectivity index (χ3v) is 6.29. The second-order valence-electron chi connectivity index (χ2n) is 6.71. The zero-order valence-electron chi connectivity index (χ0n) is 14.5. The van der Waals surface area contributed by atoms with Gasteiger partial charge in [0.2, 0.25) is 0 Å². The molecule has 0 N–H and O–H groups in total. The summed E-state index contributed by atoms with van der Waals surface area (Å²) in [6.45, 7) is 4.08. The van der Waals surface area contributed by atoms with Crippen LogP contribution in [0.25, 0.3) is 10.2 Å². The van der Waals surface area contributed by atoms with Gasteiger partial charge < -0.3 is 4.90 Å².